The molecule has 0 unspecified atom stereocenters. The van der Waals surface area contributed by atoms with Gasteiger partial charge in [-0.2, -0.15) is 0 Å². The van der Waals surface area contributed by atoms with Gasteiger partial charge in [0, 0.05) is 5.38 Å². The summed E-state index contributed by atoms with van der Waals surface area (Å²) in [6.07, 6.45) is 0. The fraction of sp³-hybridized carbons (Fsp3) is 0.333. The SMILES string of the molecule is CC(C)(C#CCl)OCc1ccccc1. The van der Waals surface area contributed by atoms with E-state index in [1.54, 1.807) is 0 Å². The Morgan fingerprint density at radius 3 is 2.50 bits per heavy atom. The molecule has 0 atom stereocenters. The van der Waals surface area contributed by atoms with Crippen molar-refractivity contribution in [2.75, 3.05) is 0 Å². The van der Waals surface area contributed by atoms with E-state index in [1.807, 2.05) is 44.2 Å². The van der Waals surface area contributed by atoms with Crippen molar-refractivity contribution in [3.05, 3.63) is 35.9 Å². The van der Waals surface area contributed by atoms with Crippen LogP contribution < -0.4 is 0 Å². The Morgan fingerprint density at radius 1 is 1.29 bits per heavy atom. The lowest BCUT2D eigenvalue weighted by molar-refractivity contribution is 0.0145. The van der Waals surface area contributed by atoms with E-state index in [0.717, 1.165) is 5.56 Å². The average molecular weight is 209 g/mol. The molecule has 74 valence electrons. The molecule has 1 rings (SSSR count). The second-order valence-corrected chi connectivity index (χ2v) is 3.69. The lowest BCUT2D eigenvalue weighted by Crippen LogP contribution is -2.21. The van der Waals surface area contributed by atoms with Gasteiger partial charge in [0.15, 0.2) is 0 Å². The first-order chi connectivity index (χ1) is 6.64. The molecular weight excluding hydrogens is 196 g/mol. The molecule has 0 aromatic heterocycles. The van der Waals surface area contributed by atoms with Gasteiger partial charge < -0.3 is 4.74 Å². The second kappa shape index (κ2) is 5.05. The maximum Gasteiger partial charge on any atom is 0.124 e. The zero-order valence-electron chi connectivity index (χ0n) is 8.38. The molecule has 0 radical (unpaired) electrons. The van der Waals surface area contributed by atoms with Crippen LogP contribution in [0.15, 0.2) is 30.3 Å². The van der Waals surface area contributed by atoms with Crippen molar-refractivity contribution in [3.63, 3.8) is 0 Å². The summed E-state index contributed by atoms with van der Waals surface area (Å²) in [4.78, 5) is 0. The summed E-state index contributed by atoms with van der Waals surface area (Å²) in [5.41, 5.74) is 0.648. The van der Waals surface area contributed by atoms with E-state index in [1.165, 1.54) is 0 Å². The van der Waals surface area contributed by atoms with E-state index in [2.05, 4.69) is 11.3 Å². The van der Waals surface area contributed by atoms with Crippen molar-refractivity contribution < 1.29 is 4.74 Å². The van der Waals surface area contributed by atoms with Crippen molar-refractivity contribution in [3.8, 4) is 11.3 Å². The minimum absolute atomic E-state index is 0.489. The quantitative estimate of drug-likeness (QED) is 0.694. The van der Waals surface area contributed by atoms with Crippen LogP contribution >= 0.6 is 11.6 Å². The predicted molar refractivity (Wildman–Crippen MR) is 58.9 cm³/mol. The van der Waals surface area contributed by atoms with Crippen molar-refractivity contribution in [2.45, 2.75) is 26.1 Å². The zero-order chi connectivity index (χ0) is 10.4. The molecule has 14 heavy (non-hydrogen) atoms. The van der Waals surface area contributed by atoms with Gasteiger partial charge in [0.2, 0.25) is 0 Å². The highest BCUT2D eigenvalue weighted by molar-refractivity contribution is 6.30. The monoisotopic (exact) mass is 208 g/mol. The van der Waals surface area contributed by atoms with Crippen LogP contribution in [0.3, 0.4) is 0 Å². The van der Waals surface area contributed by atoms with Crippen LogP contribution in [0.25, 0.3) is 0 Å². The molecule has 0 amide bonds. The van der Waals surface area contributed by atoms with E-state index in [4.69, 9.17) is 16.3 Å². The smallest absolute Gasteiger partial charge is 0.124 e. The maximum absolute atomic E-state index is 5.60. The standard InChI is InChI=1S/C12H13ClO/c1-12(2,8-9-13)14-10-11-6-4-3-5-7-11/h3-7H,10H2,1-2H3. The molecular formula is C12H13ClO. The molecule has 0 N–H and O–H groups in total. The lowest BCUT2D eigenvalue weighted by Gasteiger charge is -2.18. The van der Waals surface area contributed by atoms with Gasteiger partial charge in [-0.1, -0.05) is 36.3 Å². The van der Waals surface area contributed by atoms with Gasteiger partial charge in [-0.25, -0.2) is 0 Å². The Labute approximate surface area is 90.0 Å². The number of benzene rings is 1. The highest BCUT2D eigenvalue weighted by Crippen LogP contribution is 2.11. The van der Waals surface area contributed by atoms with E-state index < -0.39 is 5.60 Å². The van der Waals surface area contributed by atoms with Crippen LogP contribution in [0.1, 0.15) is 19.4 Å². The van der Waals surface area contributed by atoms with Crippen molar-refractivity contribution >= 4 is 11.6 Å². The van der Waals surface area contributed by atoms with Crippen LogP contribution in [0.4, 0.5) is 0 Å². The van der Waals surface area contributed by atoms with Gasteiger partial charge in [-0.05, 0) is 31.0 Å². The van der Waals surface area contributed by atoms with Crippen LogP contribution in [-0.2, 0) is 11.3 Å². The Balaban J connectivity index is 2.52. The molecule has 0 saturated heterocycles. The summed E-state index contributed by atoms with van der Waals surface area (Å²) in [6.45, 7) is 4.34. The molecule has 0 bridgehead atoms. The van der Waals surface area contributed by atoms with Gasteiger partial charge in [0.05, 0.1) is 6.61 Å². The van der Waals surface area contributed by atoms with E-state index in [9.17, 15) is 0 Å². The average Bonchev–Trinajstić information content (AvgIpc) is 2.17. The summed E-state index contributed by atoms with van der Waals surface area (Å²) in [7, 11) is 0. The number of halogens is 1. The fourth-order valence-corrected chi connectivity index (χ4v) is 1.22. The third-order valence-electron chi connectivity index (χ3n) is 1.79. The third kappa shape index (κ3) is 3.83. The first-order valence-electron chi connectivity index (χ1n) is 4.45. The highest BCUT2D eigenvalue weighted by Gasteiger charge is 2.14. The summed E-state index contributed by atoms with van der Waals surface area (Å²) in [5.74, 6) is 2.79. The highest BCUT2D eigenvalue weighted by atomic mass is 35.5. The first kappa shape index (κ1) is 11.1. The van der Waals surface area contributed by atoms with Crippen LogP contribution in [0.2, 0.25) is 0 Å². The summed E-state index contributed by atoms with van der Waals surface area (Å²) in [6, 6.07) is 9.99. The van der Waals surface area contributed by atoms with E-state index in [-0.39, 0.29) is 0 Å². The third-order valence-corrected chi connectivity index (χ3v) is 1.89. The second-order valence-electron chi connectivity index (χ2n) is 3.50. The molecule has 0 saturated carbocycles. The Hall–Kier alpha value is -0.970. The predicted octanol–water partition coefficient (Wildman–Crippen LogP) is 3.18. The molecule has 0 fully saturated rings. The van der Waals surface area contributed by atoms with Gasteiger partial charge in [-0.3, -0.25) is 0 Å². The minimum Gasteiger partial charge on any atom is -0.358 e. The Kier molecular flexibility index (Phi) is 4.00. The summed E-state index contributed by atoms with van der Waals surface area (Å²) < 4.78 is 5.60. The van der Waals surface area contributed by atoms with Gasteiger partial charge in [0.25, 0.3) is 0 Å². The largest absolute Gasteiger partial charge is 0.358 e. The molecule has 0 spiro atoms. The minimum atomic E-state index is -0.489. The van der Waals surface area contributed by atoms with Crippen molar-refractivity contribution in [1.29, 1.82) is 0 Å². The van der Waals surface area contributed by atoms with E-state index >= 15 is 0 Å². The molecule has 0 aliphatic heterocycles. The molecule has 1 aromatic carbocycles. The van der Waals surface area contributed by atoms with Gasteiger partial charge in [-0.15, -0.1) is 0 Å². The number of rotatable bonds is 3. The van der Waals surface area contributed by atoms with Crippen LogP contribution in [0.5, 0.6) is 0 Å². The molecule has 1 aromatic rings. The Morgan fingerprint density at radius 2 is 1.93 bits per heavy atom. The molecule has 0 aliphatic carbocycles. The van der Waals surface area contributed by atoms with Gasteiger partial charge in [0.1, 0.15) is 5.60 Å². The fourth-order valence-electron chi connectivity index (χ4n) is 0.988. The summed E-state index contributed by atoms with van der Waals surface area (Å²) >= 11 is 5.33. The van der Waals surface area contributed by atoms with Crippen molar-refractivity contribution in [2.24, 2.45) is 0 Å². The normalized spacial score (nSPS) is 10.5. The molecule has 1 nitrogen and oxygen atoms in total. The molecule has 2 heteroatoms. The topological polar surface area (TPSA) is 9.23 Å². The zero-order valence-corrected chi connectivity index (χ0v) is 9.14. The number of hydrogen-bond donors (Lipinski definition) is 0. The maximum atomic E-state index is 5.60. The van der Waals surface area contributed by atoms with E-state index in [0.29, 0.717) is 6.61 Å². The number of hydrogen-bond acceptors (Lipinski definition) is 1. The molecule has 0 aliphatic rings. The number of ether oxygens (including phenoxy) is 1. The van der Waals surface area contributed by atoms with Crippen molar-refractivity contribution in [1.82, 2.24) is 0 Å². The van der Waals surface area contributed by atoms with Crippen LogP contribution in [0, 0.1) is 11.3 Å². The lowest BCUT2D eigenvalue weighted by atomic mass is 10.1. The summed E-state index contributed by atoms with van der Waals surface area (Å²) in [5, 5.41) is 2.34. The van der Waals surface area contributed by atoms with Crippen LogP contribution in [-0.4, -0.2) is 5.60 Å². The molecule has 0 heterocycles. The first-order valence-corrected chi connectivity index (χ1v) is 4.82. The Bertz CT molecular complexity index is 332. The van der Waals surface area contributed by atoms with Gasteiger partial charge >= 0.3 is 0 Å².